The van der Waals surface area contributed by atoms with Crippen molar-refractivity contribution in [3.8, 4) is 11.4 Å². The summed E-state index contributed by atoms with van der Waals surface area (Å²) in [7, 11) is -3.50. The van der Waals surface area contributed by atoms with E-state index in [1.165, 1.54) is 40.7 Å². The van der Waals surface area contributed by atoms with E-state index in [0.29, 0.717) is 18.8 Å². The van der Waals surface area contributed by atoms with E-state index in [1.807, 2.05) is 0 Å². The summed E-state index contributed by atoms with van der Waals surface area (Å²) in [6, 6.07) is 12.0. The lowest BCUT2D eigenvalue weighted by Gasteiger charge is -2.15. The molecule has 2 aromatic carbocycles. The second kappa shape index (κ2) is 8.28. The van der Waals surface area contributed by atoms with Crippen LogP contribution in [0.25, 0.3) is 11.4 Å². The van der Waals surface area contributed by atoms with Crippen LogP contribution in [0.15, 0.2) is 53.4 Å². The van der Waals surface area contributed by atoms with E-state index in [1.54, 1.807) is 12.1 Å². The largest absolute Gasteiger partial charge is 0.324 e. The summed E-state index contributed by atoms with van der Waals surface area (Å²) in [5.74, 6) is -0.828. The molecule has 2 heterocycles. The Labute approximate surface area is 172 Å². The Kier molecular flexibility index (Phi) is 5.55. The van der Waals surface area contributed by atoms with Gasteiger partial charge in [-0.05, 0) is 54.5 Å². The average Bonchev–Trinajstić information content (AvgIpc) is 3.41. The van der Waals surface area contributed by atoms with Gasteiger partial charge in [0.2, 0.25) is 21.8 Å². The van der Waals surface area contributed by atoms with Crippen LogP contribution in [-0.4, -0.2) is 51.9 Å². The van der Waals surface area contributed by atoms with Gasteiger partial charge in [-0.2, -0.15) is 9.10 Å². The Morgan fingerprint density at radius 3 is 2.47 bits per heavy atom. The Bertz CT molecular complexity index is 1160. The zero-order valence-corrected chi connectivity index (χ0v) is 16.7. The van der Waals surface area contributed by atoms with Crippen LogP contribution >= 0.6 is 0 Å². The summed E-state index contributed by atoms with van der Waals surface area (Å²) in [6.45, 7) is 0.830. The van der Waals surface area contributed by atoms with Crippen LogP contribution in [0.4, 0.5) is 10.1 Å². The predicted octanol–water partition coefficient (Wildman–Crippen LogP) is 1.90. The Balaban J connectivity index is 1.39. The normalized spacial score (nSPS) is 14.7. The number of aromatic nitrogens is 4. The summed E-state index contributed by atoms with van der Waals surface area (Å²) in [6.07, 6.45) is 1.73. The van der Waals surface area contributed by atoms with E-state index >= 15 is 0 Å². The van der Waals surface area contributed by atoms with Gasteiger partial charge in [-0.1, -0.05) is 12.1 Å². The van der Waals surface area contributed by atoms with Gasteiger partial charge in [-0.3, -0.25) is 4.79 Å². The lowest BCUT2D eigenvalue weighted by Crippen LogP contribution is -2.27. The number of amides is 1. The van der Waals surface area contributed by atoms with E-state index in [-0.39, 0.29) is 22.8 Å². The number of carbonyl (C=O) groups is 1. The number of carbonyl (C=O) groups excluding carboxylic acids is 1. The number of tetrazole rings is 1. The Morgan fingerprint density at radius 1 is 1.07 bits per heavy atom. The minimum atomic E-state index is -3.50. The second-order valence-corrected chi connectivity index (χ2v) is 8.74. The first-order chi connectivity index (χ1) is 14.4. The maximum Gasteiger partial charge on any atom is 0.248 e. The number of benzene rings is 2. The second-order valence-electron chi connectivity index (χ2n) is 6.81. The fourth-order valence-electron chi connectivity index (χ4n) is 3.18. The van der Waals surface area contributed by atoms with Gasteiger partial charge in [0.05, 0.1) is 10.5 Å². The highest BCUT2D eigenvalue weighted by atomic mass is 32.2. The molecule has 0 radical (unpaired) electrons. The van der Waals surface area contributed by atoms with Crippen LogP contribution < -0.4 is 5.32 Å². The molecule has 0 saturated carbocycles. The maximum atomic E-state index is 13.8. The first-order valence-electron chi connectivity index (χ1n) is 9.36. The lowest BCUT2D eigenvalue weighted by atomic mass is 10.2. The Hall–Kier alpha value is -3.18. The van der Waals surface area contributed by atoms with Crippen LogP contribution in [0.1, 0.15) is 12.8 Å². The van der Waals surface area contributed by atoms with E-state index in [9.17, 15) is 17.6 Å². The lowest BCUT2D eigenvalue weighted by molar-refractivity contribution is -0.117. The molecule has 1 amide bonds. The first-order valence-corrected chi connectivity index (χ1v) is 10.8. The third kappa shape index (κ3) is 4.21. The van der Waals surface area contributed by atoms with E-state index in [2.05, 4.69) is 20.7 Å². The van der Waals surface area contributed by atoms with Crippen LogP contribution in [0.2, 0.25) is 0 Å². The van der Waals surface area contributed by atoms with Gasteiger partial charge in [0.1, 0.15) is 12.4 Å². The van der Waals surface area contributed by atoms with Crippen LogP contribution in [0.3, 0.4) is 0 Å². The maximum absolute atomic E-state index is 13.8. The molecule has 1 N–H and O–H groups in total. The third-order valence-corrected chi connectivity index (χ3v) is 6.61. The molecule has 1 aromatic heterocycles. The molecule has 1 aliphatic rings. The van der Waals surface area contributed by atoms with Crippen molar-refractivity contribution in [1.82, 2.24) is 24.5 Å². The van der Waals surface area contributed by atoms with Crippen molar-refractivity contribution in [3.63, 3.8) is 0 Å². The van der Waals surface area contributed by atoms with Crippen molar-refractivity contribution in [3.05, 3.63) is 54.3 Å². The molecule has 0 aliphatic carbocycles. The quantitative estimate of drug-likeness (QED) is 0.640. The zero-order chi connectivity index (χ0) is 21.1. The van der Waals surface area contributed by atoms with Crippen molar-refractivity contribution >= 4 is 21.6 Å². The molecule has 1 aliphatic heterocycles. The molecule has 9 nitrogen and oxygen atoms in total. The van der Waals surface area contributed by atoms with Crippen molar-refractivity contribution in [1.29, 1.82) is 0 Å². The number of rotatable bonds is 6. The van der Waals surface area contributed by atoms with Crippen molar-refractivity contribution in [2.45, 2.75) is 24.3 Å². The van der Waals surface area contributed by atoms with E-state index in [4.69, 9.17) is 0 Å². The van der Waals surface area contributed by atoms with Crippen LogP contribution in [-0.2, 0) is 21.4 Å². The summed E-state index contributed by atoms with van der Waals surface area (Å²) >= 11 is 0. The number of halogens is 1. The number of sulfonamides is 1. The van der Waals surface area contributed by atoms with Gasteiger partial charge in [0, 0.05) is 18.8 Å². The molecule has 4 rings (SSSR count). The zero-order valence-electron chi connectivity index (χ0n) is 15.9. The standard InChI is InChI=1S/C19H19FN6O3S/c20-17-6-2-1-5-16(17)19-22-24-26(23-19)13-18(27)21-14-7-9-15(10-8-14)30(28,29)25-11-3-4-12-25/h1-2,5-10H,3-4,11-13H2,(H,21,27). The molecule has 11 heteroatoms. The van der Waals surface area contributed by atoms with Crippen molar-refractivity contribution < 1.29 is 17.6 Å². The topological polar surface area (TPSA) is 110 Å². The monoisotopic (exact) mass is 430 g/mol. The minimum Gasteiger partial charge on any atom is -0.324 e. The highest BCUT2D eigenvalue weighted by Gasteiger charge is 2.27. The molecule has 30 heavy (non-hydrogen) atoms. The van der Waals surface area contributed by atoms with Crippen molar-refractivity contribution in [2.75, 3.05) is 18.4 Å². The number of nitrogens with one attached hydrogen (secondary N) is 1. The van der Waals surface area contributed by atoms with Gasteiger partial charge in [0.15, 0.2) is 0 Å². The van der Waals surface area contributed by atoms with E-state index < -0.39 is 21.7 Å². The fourth-order valence-corrected chi connectivity index (χ4v) is 4.69. The minimum absolute atomic E-state index is 0.0809. The molecule has 0 spiro atoms. The number of anilines is 1. The van der Waals surface area contributed by atoms with Gasteiger partial charge in [0.25, 0.3) is 0 Å². The molecular formula is C19H19FN6O3S. The van der Waals surface area contributed by atoms with Gasteiger partial charge in [-0.25, -0.2) is 12.8 Å². The SMILES string of the molecule is O=C(Cn1nnc(-c2ccccc2F)n1)Nc1ccc(S(=O)(=O)N2CCCC2)cc1. The molecular weight excluding hydrogens is 411 g/mol. The van der Waals surface area contributed by atoms with Gasteiger partial charge < -0.3 is 5.32 Å². The summed E-state index contributed by atoms with van der Waals surface area (Å²) in [4.78, 5) is 13.5. The van der Waals surface area contributed by atoms with E-state index in [0.717, 1.165) is 17.6 Å². The molecule has 0 atom stereocenters. The number of nitrogens with zero attached hydrogens (tertiary/aromatic N) is 5. The number of hydrogen-bond acceptors (Lipinski definition) is 6. The molecule has 3 aromatic rings. The average molecular weight is 430 g/mol. The van der Waals surface area contributed by atoms with Gasteiger partial charge >= 0.3 is 0 Å². The summed E-state index contributed by atoms with van der Waals surface area (Å²) < 4.78 is 40.3. The Morgan fingerprint density at radius 2 is 1.77 bits per heavy atom. The van der Waals surface area contributed by atoms with Crippen LogP contribution in [0, 0.1) is 5.82 Å². The fraction of sp³-hybridized carbons (Fsp3) is 0.263. The molecule has 1 fully saturated rings. The molecule has 1 saturated heterocycles. The predicted molar refractivity (Wildman–Crippen MR) is 106 cm³/mol. The summed E-state index contributed by atoms with van der Waals surface area (Å²) in [5.41, 5.74) is 0.633. The first kappa shape index (κ1) is 20.1. The molecule has 0 bridgehead atoms. The molecule has 0 unspecified atom stereocenters. The van der Waals surface area contributed by atoms with Crippen molar-refractivity contribution in [2.24, 2.45) is 0 Å². The van der Waals surface area contributed by atoms with Crippen LogP contribution in [0.5, 0.6) is 0 Å². The highest BCUT2D eigenvalue weighted by Crippen LogP contribution is 2.22. The van der Waals surface area contributed by atoms with Gasteiger partial charge in [-0.15, -0.1) is 10.2 Å². The highest BCUT2D eigenvalue weighted by molar-refractivity contribution is 7.89. The third-order valence-electron chi connectivity index (χ3n) is 4.69. The smallest absolute Gasteiger partial charge is 0.248 e. The summed E-state index contributed by atoms with van der Waals surface area (Å²) in [5, 5.41) is 14.2. The molecule has 156 valence electrons. The number of hydrogen-bond donors (Lipinski definition) is 1.